The minimum Gasteiger partial charge on any atom is -0.342 e. The highest BCUT2D eigenvalue weighted by atomic mass is 16.2. The van der Waals surface area contributed by atoms with Crippen LogP contribution in [0.1, 0.15) is 60.3 Å². The molecule has 21 heavy (non-hydrogen) atoms. The number of nitrogens with zero attached hydrogens (tertiary/aromatic N) is 1. The topological polar surface area (TPSA) is 54.5 Å². The maximum atomic E-state index is 13.2. The summed E-state index contributed by atoms with van der Waals surface area (Å²) in [7, 11) is 0. The smallest absolute Gasteiger partial charge is 0.237 e. The van der Waals surface area contributed by atoms with Crippen molar-refractivity contribution in [1.82, 2.24) is 4.90 Å². The third-order valence-corrected chi connectivity index (χ3v) is 6.18. The van der Waals surface area contributed by atoms with Crippen molar-refractivity contribution in [3.05, 3.63) is 0 Å². The van der Waals surface area contributed by atoms with Crippen molar-refractivity contribution in [2.45, 2.75) is 60.3 Å². The Balaban J connectivity index is 2.48. The Labute approximate surface area is 127 Å². The Bertz CT molecular complexity index is 490. The predicted molar refractivity (Wildman–Crippen MR) is 80.7 cm³/mol. The van der Waals surface area contributed by atoms with Gasteiger partial charge >= 0.3 is 0 Å². The summed E-state index contributed by atoms with van der Waals surface area (Å²) >= 11 is 0. The van der Waals surface area contributed by atoms with Gasteiger partial charge in [0.25, 0.3) is 0 Å². The van der Waals surface area contributed by atoms with E-state index in [1.54, 1.807) is 4.90 Å². The molecule has 0 aromatic heterocycles. The van der Waals surface area contributed by atoms with Gasteiger partial charge in [0.05, 0.1) is 0 Å². The molecule has 4 nitrogen and oxygen atoms in total. The second kappa shape index (κ2) is 4.92. The van der Waals surface area contributed by atoms with Crippen molar-refractivity contribution in [3.63, 3.8) is 0 Å². The number of rotatable bonds is 5. The molecule has 2 aliphatic rings. The number of carbonyl (C=O) groups excluding carboxylic acids is 3. The molecule has 2 saturated carbocycles. The van der Waals surface area contributed by atoms with Gasteiger partial charge in [0.15, 0.2) is 0 Å². The SMILES string of the molecule is CCCN(CCC)C(=O)C12CCC(C)(C(=O)C1=O)C2(C)C. The lowest BCUT2D eigenvalue weighted by atomic mass is 9.64. The van der Waals surface area contributed by atoms with Gasteiger partial charge < -0.3 is 4.90 Å². The van der Waals surface area contributed by atoms with Gasteiger partial charge in [-0.2, -0.15) is 0 Å². The van der Waals surface area contributed by atoms with Crippen LogP contribution in [0.3, 0.4) is 0 Å². The molecule has 0 saturated heterocycles. The number of Topliss-reactive ketones (excluding diaryl/α,β-unsaturated/α-hetero) is 2. The van der Waals surface area contributed by atoms with Crippen molar-refractivity contribution in [3.8, 4) is 0 Å². The molecule has 2 fully saturated rings. The average Bonchev–Trinajstić information content (AvgIpc) is 2.70. The first kappa shape index (κ1) is 16.2. The Hall–Kier alpha value is -1.19. The van der Waals surface area contributed by atoms with Crippen LogP contribution >= 0.6 is 0 Å². The van der Waals surface area contributed by atoms with Crippen LogP contribution in [0.2, 0.25) is 0 Å². The molecular weight excluding hydrogens is 266 g/mol. The van der Waals surface area contributed by atoms with E-state index < -0.39 is 22.0 Å². The largest absolute Gasteiger partial charge is 0.342 e. The van der Waals surface area contributed by atoms with Gasteiger partial charge in [0.1, 0.15) is 5.41 Å². The molecule has 0 aromatic carbocycles. The Morgan fingerprint density at radius 2 is 1.52 bits per heavy atom. The quantitative estimate of drug-likeness (QED) is 0.578. The van der Waals surface area contributed by atoms with Crippen molar-refractivity contribution in [1.29, 1.82) is 0 Å². The van der Waals surface area contributed by atoms with Gasteiger partial charge in [-0.05, 0) is 31.1 Å². The summed E-state index contributed by atoms with van der Waals surface area (Å²) in [5.74, 6) is -0.890. The summed E-state index contributed by atoms with van der Waals surface area (Å²) < 4.78 is 0. The zero-order valence-corrected chi connectivity index (χ0v) is 13.9. The van der Waals surface area contributed by atoms with Crippen LogP contribution in [0.15, 0.2) is 0 Å². The summed E-state index contributed by atoms with van der Waals surface area (Å²) in [6.45, 7) is 11.1. The monoisotopic (exact) mass is 293 g/mol. The Kier molecular flexibility index (Phi) is 3.79. The Morgan fingerprint density at radius 1 is 1.00 bits per heavy atom. The summed E-state index contributed by atoms with van der Waals surface area (Å²) in [5, 5.41) is 0. The molecule has 2 unspecified atom stereocenters. The van der Waals surface area contributed by atoms with Gasteiger partial charge in [-0.25, -0.2) is 0 Å². The van der Waals surface area contributed by atoms with E-state index in [0.717, 1.165) is 12.8 Å². The van der Waals surface area contributed by atoms with Gasteiger partial charge in [-0.3, -0.25) is 14.4 Å². The fourth-order valence-electron chi connectivity index (χ4n) is 4.37. The van der Waals surface area contributed by atoms with Gasteiger partial charge in [-0.1, -0.05) is 34.6 Å². The van der Waals surface area contributed by atoms with Crippen LogP contribution in [-0.4, -0.2) is 35.5 Å². The summed E-state index contributed by atoms with van der Waals surface area (Å²) in [5.41, 5.74) is -2.39. The molecule has 2 aliphatic carbocycles. The number of carbonyl (C=O) groups is 3. The summed E-state index contributed by atoms with van der Waals surface area (Å²) in [6, 6.07) is 0. The minimum atomic E-state index is -1.12. The summed E-state index contributed by atoms with van der Waals surface area (Å²) in [6.07, 6.45) is 2.88. The molecule has 0 spiro atoms. The number of amides is 1. The third-order valence-electron chi connectivity index (χ3n) is 6.18. The zero-order valence-electron chi connectivity index (χ0n) is 13.9. The first-order chi connectivity index (χ1) is 9.70. The van der Waals surface area contributed by atoms with Crippen LogP contribution in [0.25, 0.3) is 0 Å². The average molecular weight is 293 g/mol. The highest BCUT2D eigenvalue weighted by Crippen LogP contribution is 2.69. The van der Waals surface area contributed by atoms with E-state index in [0.29, 0.717) is 25.9 Å². The number of hydrogen-bond acceptors (Lipinski definition) is 3. The molecule has 2 bridgehead atoms. The fourth-order valence-corrected chi connectivity index (χ4v) is 4.37. The van der Waals surface area contributed by atoms with E-state index in [1.807, 2.05) is 34.6 Å². The lowest BCUT2D eigenvalue weighted by Crippen LogP contribution is -2.52. The van der Waals surface area contributed by atoms with Crippen LogP contribution in [0.5, 0.6) is 0 Å². The van der Waals surface area contributed by atoms with Gasteiger partial charge in [0, 0.05) is 18.5 Å². The third kappa shape index (κ3) is 1.71. The highest BCUT2D eigenvalue weighted by molar-refractivity contribution is 6.48. The number of fused-ring (bicyclic) bond motifs is 2. The molecule has 0 aromatic rings. The molecule has 4 heteroatoms. The molecular formula is C17H27NO3. The molecule has 0 heterocycles. The standard InChI is InChI=1S/C17H27NO3/c1-6-10-18(11-7-2)14(21)17-9-8-16(5,15(17,3)4)12(19)13(17)20/h6-11H2,1-5H3. The van der Waals surface area contributed by atoms with Crippen LogP contribution in [0, 0.1) is 16.2 Å². The fraction of sp³-hybridized carbons (Fsp3) is 0.824. The van der Waals surface area contributed by atoms with Gasteiger partial charge in [0.2, 0.25) is 17.5 Å². The van der Waals surface area contributed by atoms with Crippen LogP contribution < -0.4 is 0 Å². The first-order valence-electron chi connectivity index (χ1n) is 8.09. The first-order valence-corrected chi connectivity index (χ1v) is 8.09. The number of ketones is 2. The molecule has 0 aliphatic heterocycles. The number of hydrogen-bond donors (Lipinski definition) is 0. The van der Waals surface area contributed by atoms with E-state index in [4.69, 9.17) is 0 Å². The summed E-state index contributed by atoms with van der Waals surface area (Å²) in [4.78, 5) is 40.1. The van der Waals surface area contributed by atoms with E-state index in [2.05, 4.69) is 0 Å². The normalized spacial score (nSPS) is 33.6. The van der Waals surface area contributed by atoms with E-state index >= 15 is 0 Å². The molecule has 0 N–H and O–H groups in total. The van der Waals surface area contributed by atoms with Gasteiger partial charge in [-0.15, -0.1) is 0 Å². The van der Waals surface area contributed by atoms with Crippen LogP contribution in [-0.2, 0) is 14.4 Å². The predicted octanol–water partition coefficient (Wildman–Crippen LogP) is 2.60. The van der Waals surface area contributed by atoms with Crippen molar-refractivity contribution < 1.29 is 14.4 Å². The van der Waals surface area contributed by atoms with E-state index in [9.17, 15) is 14.4 Å². The molecule has 2 atom stereocenters. The lowest BCUT2D eigenvalue weighted by molar-refractivity contribution is -0.155. The maximum absolute atomic E-state index is 13.2. The maximum Gasteiger partial charge on any atom is 0.237 e. The zero-order chi connectivity index (χ0) is 16.1. The molecule has 118 valence electrons. The van der Waals surface area contributed by atoms with Crippen LogP contribution in [0.4, 0.5) is 0 Å². The lowest BCUT2D eigenvalue weighted by Gasteiger charge is -2.40. The van der Waals surface area contributed by atoms with Crippen molar-refractivity contribution >= 4 is 17.5 Å². The molecule has 0 radical (unpaired) electrons. The molecule has 2 rings (SSSR count). The van der Waals surface area contributed by atoms with Crippen molar-refractivity contribution in [2.75, 3.05) is 13.1 Å². The molecule has 1 amide bonds. The minimum absolute atomic E-state index is 0.115. The second-order valence-electron chi connectivity index (χ2n) is 7.31. The highest BCUT2D eigenvalue weighted by Gasteiger charge is 2.78. The second-order valence-corrected chi connectivity index (χ2v) is 7.31. The van der Waals surface area contributed by atoms with E-state index in [-0.39, 0.29) is 11.7 Å². The van der Waals surface area contributed by atoms with Crippen molar-refractivity contribution in [2.24, 2.45) is 16.2 Å². The van der Waals surface area contributed by atoms with E-state index in [1.165, 1.54) is 0 Å². The Morgan fingerprint density at radius 3 is 1.90 bits per heavy atom.